The lowest BCUT2D eigenvalue weighted by molar-refractivity contribution is -0.141. The zero-order valence-electron chi connectivity index (χ0n) is 13.9. The van der Waals surface area contributed by atoms with E-state index >= 15 is 0 Å². The maximum atomic E-state index is 12.5. The molecule has 126 valence electrons. The molecule has 1 aromatic carbocycles. The highest BCUT2D eigenvalue weighted by Crippen LogP contribution is 2.35. The molecule has 5 nitrogen and oxygen atoms in total. The normalized spacial score (nSPS) is 17.5. The predicted molar refractivity (Wildman–Crippen MR) is 89.1 cm³/mol. The average Bonchev–Trinajstić information content (AvgIpc) is 3.07. The minimum Gasteiger partial charge on any atom is -0.481 e. The Morgan fingerprint density at radius 3 is 2.43 bits per heavy atom. The third-order valence-corrected chi connectivity index (χ3v) is 4.62. The number of rotatable bonds is 6. The minimum absolute atomic E-state index is 0.00576. The van der Waals surface area contributed by atoms with Crippen molar-refractivity contribution in [2.24, 2.45) is 11.8 Å². The van der Waals surface area contributed by atoms with Crippen LogP contribution in [0.25, 0.3) is 0 Å². The molecule has 0 radical (unpaired) electrons. The van der Waals surface area contributed by atoms with Gasteiger partial charge in [0, 0.05) is 13.6 Å². The fourth-order valence-corrected chi connectivity index (χ4v) is 3.24. The highest BCUT2D eigenvalue weighted by atomic mass is 16.4. The van der Waals surface area contributed by atoms with Crippen LogP contribution in [0.15, 0.2) is 30.3 Å². The standard InChI is InChI=1S/C18H26N2O3/c1-13(17(21)22)12-20(2)18(23)19-16(15-10-6-7-11-15)14-8-4-3-5-9-14/h3-5,8-9,13,15-16H,6-7,10-12H2,1-2H3,(H,19,23)(H,21,22). The summed E-state index contributed by atoms with van der Waals surface area (Å²) in [6, 6.07) is 9.82. The first-order chi connectivity index (χ1) is 11.0. The maximum Gasteiger partial charge on any atom is 0.317 e. The van der Waals surface area contributed by atoms with E-state index in [4.69, 9.17) is 5.11 Å². The number of carbonyl (C=O) groups is 2. The van der Waals surface area contributed by atoms with Gasteiger partial charge in [0.25, 0.3) is 0 Å². The van der Waals surface area contributed by atoms with Gasteiger partial charge in [-0.1, -0.05) is 50.1 Å². The molecule has 0 aromatic heterocycles. The van der Waals surface area contributed by atoms with Gasteiger partial charge in [0.15, 0.2) is 0 Å². The van der Waals surface area contributed by atoms with Crippen molar-refractivity contribution in [2.75, 3.05) is 13.6 Å². The number of carboxylic acids is 1. The number of carbonyl (C=O) groups excluding carboxylic acids is 1. The number of nitrogens with one attached hydrogen (secondary N) is 1. The first-order valence-electron chi connectivity index (χ1n) is 8.28. The summed E-state index contributed by atoms with van der Waals surface area (Å²) in [7, 11) is 1.64. The molecule has 0 bridgehead atoms. The molecule has 1 aromatic rings. The van der Waals surface area contributed by atoms with E-state index in [2.05, 4.69) is 5.32 Å². The van der Waals surface area contributed by atoms with Crippen molar-refractivity contribution >= 4 is 12.0 Å². The average molecular weight is 318 g/mol. The smallest absolute Gasteiger partial charge is 0.317 e. The highest BCUT2D eigenvalue weighted by Gasteiger charge is 2.29. The number of benzene rings is 1. The molecule has 2 N–H and O–H groups in total. The number of hydrogen-bond donors (Lipinski definition) is 2. The van der Waals surface area contributed by atoms with Crippen LogP contribution in [0.5, 0.6) is 0 Å². The van der Waals surface area contributed by atoms with Crippen molar-refractivity contribution < 1.29 is 14.7 Å². The maximum absolute atomic E-state index is 12.5. The third-order valence-electron chi connectivity index (χ3n) is 4.62. The molecule has 1 aliphatic carbocycles. The molecule has 0 heterocycles. The molecule has 2 atom stereocenters. The summed E-state index contributed by atoms with van der Waals surface area (Å²) < 4.78 is 0. The van der Waals surface area contributed by atoms with E-state index in [-0.39, 0.29) is 18.6 Å². The van der Waals surface area contributed by atoms with Gasteiger partial charge in [-0.05, 0) is 24.3 Å². The molecular weight excluding hydrogens is 292 g/mol. The molecule has 1 aliphatic rings. The number of carboxylic acid groups (broad SMARTS) is 1. The zero-order chi connectivity index (χ0) is 16.8. The van der Waals surface area contributed by atoms with Gasteiger partial charge in [-0.25, -0.2) is 4.79 Å². The van der Waals surface area contributed by atoms with Gasteiger partial charge in [-0.2, -0.15) is 0 Å². The molecule has 0 saturated heterocycles. The summed E-state index contributed by atoms with van der Waals surface area (Å²) in [6.45, 7) is 1.81. The van der Waals surface area contributed by atoms with Gasteiger partial charge >= 0.3 is 12.0 Å². The van der Waals surface area contributed by atoms with Crippen molar-refractivity contribution in [1.82, 2.24) is 10.2 Å². The molecule has 0 aliphatic heterocycles. The highest BCUT2D eigenvalue weighted by molar-refractivity contribution is 5.76. The van der Waals surface area contributed by atoms with E-state index in [0.29, 0.717) is 5.92 Å². The van der Waals surface area contributed by atoms with Crippen molar-refractivity contribution in [3.05, 3.63) is 35.9 Å². The number of hydrogen-bond acceptors (Lipinski definition) is 2. The van der Waals surface area contributed by atoms with E-state index in [0.717, 1.165) is 18.4 Å². The summed E-state index contributed by atoms with van der Waals surface area (Å²) in [4.78, 5) is 24.9. The van der Waals surface area contributed by atoms with Crippen LogP contribution in [0, 0.1) is 11.8 Å². The van der Waals surface area contributed by atoms with Crippen LogP contribution in [-0.4, -0.2) is 35.6 Å². The van der Waals surface area contributed by atoms with Crippen LogP contribution in [0.3, 0.4) is 0 Å². The number of amides is 2. The predicted octanol–water partition coefficient (Wildman–Crippen LogP) is 3.28. The molecule has 2 amide bonds. The molecular formula is C18H26N2O3. The fourth-order valence-electron chi connectivity index (χ4n) is 3.24. The zero-order valence-corrected chi connectivity index (χ0v) is 13.9. The van der Waals surface area contributed by atoms with Crippen LogP contribution in [0.1, 0.15) is 44.2 Å². The molecule has 2 rings (SSSR count). The largest absolute Gasteiger partial charge is 0.481 e. The Hall–Kier alpha value is -2.04. The van der Waals surface area contributed by atoms with Crippen LogP contribution in [-0.2, 0) is 4.79 Å². The summed E-state index contributed by atoms with van der Waals surface area (Å²) in [5, 5.41) is 12.1. The summed E-state index contributed by atoms with van der Waals surface area (Å²) in [6.07, 6.45) is 4.65. The molecule has 1 saturated carbocycles. The summed E-state index contributed by atoms with van der Waals surface area (Å²) in [5.41, 5.74) is 1.12. The van der Waals surface area contributed by atoms with Crippen molar-refractivity contribution in [1.29, 1.82) is 0 Å². The first-order valence-corrected chi connectivity index (χ1v) is 8.28. The second kappa shape index (κ2) is 7.99. The third kappa shape index (κ3) is 4.71. The van der Waals surface area contributed by atoms with E-state index in [1.165, 1.54) is 17.7 Å². The Labute approximate surface area is 137 Å². The van der Waals surface area contributed by atoms with E-state index < -0.39 is 11.9 Å². The second-order valence-corrected chi connectivity index (χ2v) is 6.50. The fraction of sp³-hybridized carbons (Fsp3) is 0.556. The Balaban J connectivity index is 2.05. The molecule has 0 spiro atoms. The van der Waals surface area contributed by atoms with Crippen LogP contribution < -0.4 is 5.32 Å². The Morgan fingerprint density at radius 1 is 1.26 bits per heavy atom. The molecule has 23 heavy (non-hydrogen) atoms. The Kier molecular flexibility index (Phi) is 6.02. The van der Waals surface area contributed by atoms with Gasteiger partial charge in [0.05, 0.1) is 12.0 Å². The Bertz CT molecular complexity index is 526. The van der Waals surface area contributed by atoms with Gasteiger partial charge < -0.3 is 15.3 Å². The molecule has 1 fully saturated rings. The van der Waals surface area contributed by atoms with Crippen LogP contribution in [0.4, 0.5) is 4.79 Å². The SMILES string of the molecule is CC(CN(C)C(=O)NC(c1ccccc1)C1CCCC1)C(=O)O. The number of nitrogens with zero attached hydrogens (tertiary/aromatic N) is 1. The van der Waals surface area contributed by atoms with Crippen LogP contribution in [0.2, 0.25) is 0 Å². The summed E-state index contributed by atoms with van der Waals surface area (Å²) >= 11 is 0. The monoisotopic (exact) mass is 318 g/mol. The minimum atomic E-state index is -0.889. The van der Waals surface area contributed by atoms with Crippen molar-refractivity contribution in [3.8, 4) is 0 Å². The lowest BCUT2D eigenvalue weighted by atomic mass is 9.92. The van der Waals surface area contributed by atoms with Gasteiger partial charge in [0.2, 0.25) is 0 Å². The number of aliphatic carboxylic acids is 1. The topological polar surface area (TPSA) is 69.6 Å². The van der Waals surface area contributed by atoms with Gasteiger partial charge in [0.1, 0.15) is 0 Å². The van der Waals surface area contributed by atoms with Crippen molar-refractivity contribution in [3.63, 3.8) is 0 Å². The lowest BCUT2D eigenvalue weighted by Gasteiger charge is -2.28. The number of urea groups is 1. The second-order valence-electron chi connectivity index (χ2n) is 6.50. The molecule has 5 heteroatoms. The summed E-state index contributed by atoms with van der Waals surface area (Å²) in [5.74, 6) is -1.01. The van der Waals surface area contributed by atoms with Crippen molar-refractivity contribution in [2.45, 2.75) is 38.6 Å². The first kappa shape index (κ1) is 17.3. The quantitative estimate of drug-likeness (QED) is 0.845. The molecule has 2 unspecified atom stereocenters. The van der Waals surface area contributed by atoms with E-state index in [1.807, 2.05) is 30.3 Å². The van der Waals surface area contributed by atoms with Crippen LogP contribution >= 0.6 is 0 Å². The van der Waals surface area contributed by atoms with E-state index in [1.54, 1.807) is 14.0 Å². The lowest BCUT2D eigenvalue weighted by Crippen LogP contribution is -2.43. The van der Waals surface area contributed by atoms with Gasteiger partial charge in [-0.15, -0.1) is 0 Å². The van der Waals surface area contributed by atoms with E-state index in [9.17, 15) is 9.59 Å². The Morgan fingerprint density at radius 2 is 1.87 bits per heavy atom. The van der Waals surface area contributed by atoms with Gasteiger partial charge in [-0.3, -0.25) is 4.79 Å².